The molecule has 1 N–H and O–H groups in total. The number of aromatic nitrogens is 2. The van der Waals surface area contributed by atoms with Crippen LogP contribution in [0.15, 0.2) is 88.2 Å². The topological polar surface area (TPSA) is 155 Å². The predicted octanol–water partition coefficient (Wildman–Crippen LogP) is 4.36. The van der Waals surface area contributed by atoms with Crippen molar-refractivity contribution in [3.8, 4) is 11.5 Å². The molecule has 3 aromatic carbocycles. The molecule has 0 amide bonds. The number of ether oxygens (including phenoxy) is 1. The highest BCUT2D eigenvalue weighted by molar-refractivity contribution is 7.92. The monoisotopic (exact) mass is 494 g/mol. The molecule has 178 valence electrons. The molecule has 0 saturated carbocycles. The van der Waals surface area contributed by atoms with Crippen molar-refractivity contribution >= 4 is 27.4 Å². The Morgan fingerprint density at radius 2 is 1.74 bits per heavy atom. The van der Waals surface area contributed by atoms with Gasteiger partial charge in [0, 0.05) is 23.4 Å². The fourth-order valence-corrected chi connectivity index (χ4v) is 4.11. The first-order valence-electron chi connectivity index (χ1n) is 10.2. The van der Waals surface area contributed by atoms with Crippen molar-refractivity contribution in [1.29, 1.82) is 0 Å². The number of carbonyl (C=O) groups excluding carboxylic acids is 1. The number of nitrogens with zero attached hydrogens (tertiary/aromatic N) is 3. The minimum Gasteiger partial charge on any atom is -0.449 e. The van der Waals surface area contributed by atoms with E-state index in [4.69, 9.17) is 9.15 Å². The summed E-state index contributed by atoms with van der Waals surface area (Å²) < 4.78 is 38.4. The summed E-state index contributed by atoms with van der Waals surface area (Å²) in [6.45, 7) is 1.53. The summed E-state index contributed by atoms with van der Waals surface area (Å²) in [4.78, 5) is 23.0. The van der Waals surface area contributed by atoms with E-state index in [9.17, 15) is 23.3 Å². The maximum atomic E-state index is 12.6. The van der Waals surface area contributed by atoms with E-state index in [0.717, 1.165) is 0 Å². The molecule has 12 heteroatoms. The molecule has 0 spiro atoms. The smallest absolute Gasteiger partial charge is 0.338 e. The molecule has 0 aliphatic carbocycles. The number of non-ortho nitro benzene ring substituents is 1. The van der Waals surface area contributed by atoms with Crippen LogP contribution in [0.25, 0.3) is 11.5 Å². The van der Waals surface area contributed by atoms with Crippen LogP contribution >= 0.6 is 0 Å². The lowest BCUT2D eigenvalue weighted by Gasteiger charge is -2.11. The van der Waals surface area contributed by atoms with Crippen molar-refractivity contribution in [2.24, 2.45) is 0 Å². The Balaban J connectivity index is 1.44. The minimum atomic E-state index is -3.83. The van der Waals surface area contributed by atoms with E-state index < -0.39 is 27.0 Å². The molecular formula is C23H18N4O7S. The van der Waals surface area contributed by atoms with Crippen LogP contribution in [-0.2, 0) is 14.8 Å². The van der Waals surface area contributed by atoms with Crippen molar-refractivity contribution in [1.82, 2.24) is 10.2 Å². The Kier molecular flexibility index (Phi) is 6.55. The van der Waals surface area contributed by atoms with Gasteiger partial charge in [-0.2, -0.15) is 0 Å². The van der Waals surface area contributed by atoms with Crippen LogP contribution in [0, 0.1) is 10.1 Å². The number of benzene rings is 3. The maximum Gasteiger partial charge on any atom is 0.338 e. The van der Waals surface area contributed by atoms with E-state index in [1.165, 1.54) is 67.6 Å². The zero-order valence-electron chi connectivity index (χ0n) is 18.2. The highest BCUT2D eigenvalue weighted by Crippen LogP contribution is 2.25. The molecular weight excluding hydrogens is 476 g/mol. The normalized spacial score (nSPS) is 12.0. The fourth-order valence-electron chi connectivity index (χ4n) is 3.04. The third-order valence-corrected chi connectivity index (χ3v) is 6.20. The third-order valence-electron chi connectivity index (χ3n) is 4.80. The molecule has 1 atom stereocenters. The minimum absolute atomic E-state index is 0.0210. The molecule has 35 heavy (non-hydrogen) atoms. The SMILES string of the molecule is CC(OC(=O)c1cccc(NS(=O)(=O)c2ccccc2)c1)c1nnc(-c2ccc([N+](=O)[O-])cc2)o1. The van der Waals surface area contributed by atoms with Crippen molar-refractivity contribution in [3.63, 3.8) is 0 Å². The molecule has 1 aromatic heterocycles. The first-order valence-corrected chi connectivity index (χ1v) is 11.7. The molecule has 0 bridgehead atoms. The van der Waals surface area contributed by atoms with Gasteiger partial charge < -0.3 is 9.15 Å². The highest BCUT2D eigenvalue weighted by atomic mass is 32.2. The molecule has 4 aromatic rings. The van der Waals surface area contributed by atoms with Crippen molar-refractivity contribution in [3.05, 3.63) is 100 Å². The van der Waals surface area contributed by atoms with Gasteiger partial charge in [-0.3, -0.25) is 14.8 Å². The Bertz CT molecular complexity index is 1470. The van der Waals surface area contributed by atoms with Crippen LogP contribution in [0.5, 0.6) is 0 Å². The number of carbonyl (C=O) groups is 1. The summed E-state index contributed by atoms with van der Waals surface area (Å²) in [5, 5.41) is 18.6. The number of nitrogens with one attached hydrogen (secondary N) is 1. The molecule has 0 saturated heterocycles. The average Bonchev–Trinajstić information content (AvgIpc) is 3.35. The van der Waals surface area contributed by atoms with Gasteiger partial charge in [0.1, 0.15) is 0 Å². The van der Waals surface area contributed by atoms with Crippen LogP contribution in [-0.4, -0.2) is 29.5 Å². The standard InChI is InChI=1S/C23H18N4O7S/c1-15(21-24-25-22(34-21)16-10-12-19(13-11-16)27(29)30)33-23(28)17-6-5-7-18(14-17)26-35(31,32)20-8-3-2-4-9-20/h2-15,26H,1H3. The second kappa shape index (κ2) is 9.73. The maximum absolute atomic E-state index is 12.6. The average molecular weight is 494 g/mol. The van der Waals surface area contributed by atoms with Crippen molar-refractivity contribution < 1.29 is 27.3 Å². The van der Waals surface area contributed by atoms with Gasteiger partial charge in [0.25, 0.3) is 21.6 Å². The summed E-state index contributed by atoms with van der Waals surface area (Å²) in [6, 6.07) is 19.2. The van der Waals surface area contributed by atoms with Crippen LogP contribution in [0.4, 0.5) is 11.4 Å². The Labute approximate surface area is 199 Å². The molecule has 0 aliphatic heterocycles. The van der Waals surface area contributed by atoms with Gasteiger partial charge in [0.05, 0.1) is 15.4 Å². The number of nitro groups is 1. The summed E-state index contributed by atoms with van der Waals surface area (Å²) in [6.07, 6.45) is -0.911. The van der Waals surface area contributed by atoms with Gasteiger partial charge in [-0.05, 0) is 49.4 Å². The van der Waals surface area contributed by atoms with E-state index in [1.54, 1.807) is 18.2 Å². The summed E-state index contributed by atoms with van der Waals surface area (Å²) in [5.74, 6) is -0.601. The lowest BCUT2D eigenvalue weighted by atomic mass is 10.2. The van der Waals surface area contributed by atoms with Gasteiger partial charge in [-0.1, -0.05) is 24.3 Å². The van der Waals surface area contributed by atoms with Crippen LogP contribution in [0.1, 0.15) is 29.3 Å². The molecule has 0 radical (unpaired) electrons. The zero-order valence-corrected chi connectivity index (χ0v) is 19.0. The largest absolute Gasteiger partial charge is 0.449 e. The number of anilines is 1. The quantitative estimate of drug-likeness (QED) is 0.214. The second-order valence-electron chi connectivity index (χ2n) is 7.30. The molecule has 0 aliphatic rings. The van der Waals surface area contributed by atoms with Crippen LogP contribution in [0.3, 0.4) is 0 Å². The number of hydrogen-bond donors (Lipinski definition) is 1. The number of hydrogen-bond acceptors (Lipinski definition) is 9. The molecule has 11 nitrogen and oxygen atoms in total. The van der Waals surface area contributed by atoms with E-state index in [1.807, 2.05) is 0 Å². The first-order chi connectivity index (χ1) is 16.7. The predicted molar refractivity (Wildman–Crippen MR) is 124 cm³/mol. The van der Waals surface area contributed by atoms with Gasteiger partial charge in [0.2, 0.25) is 5.89 Å². The van der Waals surface area contributed by atoms with Gasteiger partial charge >= 0.3 is 5.97 Å². The molecule has 1 heterocycles. The molecule has 0 fully saturated rings. The van der Waals surface area contributed by atoms with Crippen molar-refractivity contribution in [2.75, 3.05) is 4.72 Å². The number of esters is 1. The Morgan fingerprint density at radius 1 is 1.03 bits per heavy atom. The zero-order chi connectivity index (χ0) is 25.0. The summed E-state index contributed by atoms with van der Waals surface area (Å²) in [5.41, 5.74) is 0.685. The van der Waals surface area contributed by atoms with Crippen molar-refractivity contribution in [2.45, 2.75) is 17.9 Å². The second-order valence-corrected chi connectivity index (χ2v) is 8.98. The van der Waals surface area contributed by atoms with Crippen LogP contribution < -0.4 is 4.72 Å². The van der Waals surface area contributed by atoms with Gasteiger partial charge in [-0.15, -0.1) is 10.2 Å². The Hall–Kier alpha value is -4.58. The van der Waals surface area contributed by atoms with Gasteiger partial charge in [0.15, 0.2) is 6.10 Å². The molecule has 1 unspecified atom stereocenters. The number of rotatable bonds is 8. The Morgan fingerprint density at radius 3 is 2.43 bits per heavy atom. The number of nitro benzene ring substituents is 1. The fraction of sp³-hybridized carbons (Fsp3) is 0.0870. The number of sulfonamides is 1. The first kappa shape index (κ1) is 23.6. The lowest BCUT2D eigenvalue weighted by molar-refractivity contribution is -0.384. The van der Waals surface area contributed by atoms with E-state index >= 15 is 0 Å². The van der Waals surface area contributed by atoms with Crippen LogP contribution in [0.2, 0.25) is 0 Å². The lowest BCUT2D eigenvalue weighted by Crippen LogP contribution is -2.14. The third kappa shape index (κ3) is 5.50. The molecule has 4 rings (SSSR count). The summed E-state index contributed by atoms with van der Waals surface area (Å²) in [7, 11) is -3.83. The van der Waals surface area contributed by atoms with E-state index in [2.05, 4.69) is 14.9 Å². The highest BCUT2D eigenvalue weighted by Gasteiger charge is 2.21. The van der Waals surface area contributed by atoms with E-state index in [0.29, 0.717) is 5.56 Å². The summed E-state index contributed by atoms with van der Waals surface area (Å²) >= 11 is 0. The van der Waals surface area contributed by atoms with Gasteiger partial charge in [-0.25, -0.2) is 13.2 Å². The van der Waals surface area contributed by atoms with E-state index in [-0.39, 0.29) is 33.6 Å².